The fraction of sp³-hybridized carbons (Fsp3) is 0.533. The Labute approximate surface area is 126 Å². The molecule has 1 atom stereocenters. The summed E-state index contributed by atoms with van der Waals surface area (Å²) in [5.41, 5.74) is 0.723. The Morgan fingerprint density at radius 2 is 2.00 bits per heavy atom. The van der Waals surface area contributed by atoms with E-state index in [1.807, 2.05) is 25.1 Å². The van der Waals surface area contributed by atoms with Crippen LogP contribution in [0.2, 0.25) is 5.02 Å². The van der Waals surface area contributed by atoms with Crippen molar-refractivity contribution >= 4 is 17.6 Å². The third-order valence-electron chi connectivity index (χ3n) is 2.69. The average Bonchev–Trinajstić information content (AvgIpc) is 2.42. The van der Waals surface area contributed by atoms with Crippen LogP contribution in [-0.4, -0.2) is 30.7 Å². The minimum absolute atomic E-state index is 0.369. The van der Waals surface area contributed by atoms with Crippen molar-refractivity contribution in [2.45, 2.75) is 26.9 Å². The van der Waals surface area contributed by atoms with Crippen LogP contribution in [0.4, 0.5) is 0 Å². The van der Waals surface area contributed by atoms with Crippen LogP contribution >= 0.6 is 11.6 Å². The quantitative estimate of drug-likeness (QED) is 0.559. The van der Waals surface area contributed by atoms with Crippen molar-refractivity contribution in [1.29, 1.82) is 0 Å². The molecule has 0 heterocycles. The van der Waals surface area contributed by atoms with Crippen molar-refractivity contribution in [2.75, 3.05) is 19.6 Å². The predicted molar refractivity (Wildman–Crippen MR) is 85.2 cm³/mol. The van der Waals surface area contributed by atoms with Crippen LogP contribution in [0.5, 0.6) is 0 Å². The van der Waals surface area contributed by atoms with Crippen LogP contribution in [0.15, 0.2) is 29.3 Å². The Balaban J connectivity index is 2.58. The number of hydrogen-bond donors (Lipinski definition) is 3. The Kier molecular flexibility index (Phi) is 7.41. The second-order valence-electron chi connectivity index (χ2n) is 5.03. The van der Waals surface area contributed by atoms with Gasteiger partial charge < -0.3 is 15.7 Å². The predicted octanol–water partition coefficient (Wildman–Crippen LogP) is 2.58. The van der Waals surface area contributed by atoms with E-state index in [4.69, 9.17) is 11.6 Å². The van der Waals surface area contributed by atoms with Crippen LogP contribution in [0, 0.1) is 5.92 Å². The van der Waals surface area contributed by atoms with Crippen molar-refractivity contribution in [3.63, 3.8) is 0 Å². The molecule has 0 saturated heterocycles. The first kappa shape index (κ1) is 16.8. The van der Waals surface area contributed by atoms with Gasteiger partial charge >= 0.3 is 0 Å². The minimum atomic E-state index is -0.661. The largest absolute Gasteiger partial charge is 0.387 e. The number of guanidine groups is 1. The van der Waals surface area contributed by atoms with Crippen LogP contribution in [0.1, 0.15) is 32.4 Å². The van der Waals surface area contributed by atoms with Gasteiger partial charge in [-0.25, -0.2) is 0 Å². The summed E-state index contributed by atoms with van der Waals surface area (Å²) in [5.74, 6) is 1.21. The molecule has 3 N–H and O–H groups in total. The molecule has 0 spiro atoms. The molecule has 1 unspecified atom stereocenters. The molecular weight excluding hydrogens is 274 g/mol. The van der Waals surface area contributed by atoms with Gasteiger partial charge in [0.2, 0.25) is 0 Å². The molecule has 0 bridgehead atoms. The van der Waals surface area contributed by atoms with Crippen LogP contribution in [0.25, 0.3) is 0 Å². The molecule has 1 aromatic rings. The average molecular weight is 298 g/mol. The van der Waals surface area contributed by atoms with Crippen LogP contribution < -0.4 is 10.6 Å². The zero-order valence-electron chi connectivity index (χ0n) is 12.4. The highest BCUT2D eigenvalue weighted by Gasteiger charge is 2.11. The molecule has 0 amide bonds. The summed E-state index contributed by atoms with van der Waals surface area (Å²) in [5, 5.41) is 17.0. The van der Waals surface area contributed by atoms with E-state index < -0.39 is 6.10 Å². The first-order valence-electron chi connectivity index (χ1n) is 6.99. The van der Waals surface area contributed by atoms with Gasteiger partial charge in [0, 0.05) is 30.2 Å². The maximum absolute atomic E-state index is 10.2. The molecule has 5 heteroatoms. The molecule has 0 aliphatic heterocycles. The standard InChI is InChI=1S/C15H24ClN3O/c1-4-17-15(18-9-11(2)3)19-10-14(20)12-7-5-6-8-13(12)16/h5-8,11,14,20H,4,9-10H2,1-3H3,(H2,17,18,19). The van der Waals surface area contributed by atoms with Gasteiger partial charge in [0.1, 0.15) is 0 Å². The summed E-state index contributed by atoms with van der Waals surface area (Å²) in [4.78, 5) is 4.45. The molecule has 0 fully saturated rings. The summed E-state index contributed by atoms with van der Waals surface area (Å²) in [6.07, 6.45) is -0.661. The van der Waals surface area contributed by atoms with Crippen molar-refractivity contribution < 1.29 is 5.11 Å². The van der Waals surface area contributed by atoms with Gasteiger partial charge in [-0.05, 0) is 18.9 Å². The zero-order chi connectivity index (χ0) is 15.0. The van der Waals surface area contributed by atoms with Gasteiger partial charge in [-0.1, -0.05) is 43.6 Å². The van der Waals surface area contributed by atoms with E-state index in [0.29, 0.717) is 23.4 Å². The molecule has 1 rings (SSSR count). The summed E-state index contributed by atoms with van der Waals surface area (Å²) in [7, 11) is 0. The fourth-order valence-corrected chi connectivity index (χ4v) is 1.93. The van der Waals surface area contributed by atoms with Crippen molar-refractivity contribution in [1.82, 2.24) is 10.6 Å². The Morgan fingerprint density at radius 3 is 2.60 bits per heavy atom. The minimum Gasteiger partial charge on any atom is -0.387 e. The normalized spacial score (nSPS) is 13.4. The molecule has 0 radical (unpaired) electrons. The molecule has 0 saturated carbocycles. The number of benzene rings is 1. The number of hydrogen-bond acceptors (Lipinski definition) is 2. The Morgan fingerprint density at radius 1 is 1.30 bits per heavy atom. The van der Waals surface area contributed by atoms with E-state index in [1.165, 1.54) is 0 Å². The van der Waals surface area contributed by atoms with E-state index in [2.05, 4.69) is 29.5 Å². The van der Waals surface area contributed by atoms with Crippen molar-refractivity contribution in [3.8, 4) is 0 Å². The Hall–Kier alpha value is -1.26. The van der Waals surface area contributed by atoms with Gasteiger partial charge in [0.25, 0.3) is 0 Å². The molecule has 1 aromatic carbocycles. The first-order chi connectivity index (χ1) is 9.54. The SMILES string of the molecule is CCNC(=NCC(C)C)NCC(O)c1ccccc1Cl. The second-order valence-corrected chi connectivity index (χ2v) is 5.44. The zero-order valence-corrected chi connectivity index (χ0v) is 13.1. The number of nitrogens with one attached hydrogen (secondary N) is 2. The molecule has 4 nitrogen and oxygen atoms in total. The van der Waals surface area contributed by atoms with Crippen LogP contribution in [0.3, 0.4) is 0 Å². The summed E-state index contributed by atoms with van der Waals surface area (Å²) in [6, 6.07) is 7.31. The topological polar surface area (TPSA) is 56.7 Å². The fourth-order valence-electron chi connectivity index (χ4n) is 1.66. The van der Waals surface area contributed by atoms with Crippen molar-refractivity contribution in [3.05, 3.63) is 34.9 Å². The highest BCUT2D eigenvalue weighted by molar-refractivity contribution is 6.31. The van der Waals surface area contributed by atoms with E-state index in [1.54, 1.807) is 6.07 Å². The van der Waals surface area contributed by atoms with Gasteiger partial charge in [-0.3, -0.25) is 4.99 Å². The maximum atomic E-state index is 10.2. The highest BCUT2D eigenvalue weighted by Crippen LogP contribution is 2.21. The third kappa shape index (κ3) is 5.80. The summed E-state index contributed by atoms with van der Waals surface area (Å²) in [6.45, 7) is 8.14. The lowest BCUT2D eigenvalue weighted by atomic mass is 10.1. The molecular formula is C15H24ClN3O. The van der Waals surface area contributed by atoms with Gasteiger partial charge in [-0.2, -0.15) is 0 Å². The lowest BCUT2D eigenvalue weighted by Crippen LogP contribution is -2.39. The molecule has 0 aliphatic rings. The van der Waals surface area contributed by atoms with E-state index >= 15 is 0 Å². The van der Waals surface area contributed by atoms with E-state index in [0.717, 1.165) is 18.7 Å². The highest BCUT2D eigenvalue weighted by atomic mass is 35.5. The number of halogens is 1. The van der Waals surface area contributed by atoms with E-state index in [9.17, 15) is 5.11 Å². The monoisotopic (exact) mass is 297 g/mol. The second kappa shape index (κ2) is 8.82. The molecule has 20 heavy (non-hydrogen) atoms. The Bertz CT molecular complexity index is 435. The van der Waals surface area contributed by atoms with E-state index in [-0.39, 0.29) is 0 Å². The molecule has 0 aromatic heterocycles. The smallest absolute Gasteiger partial charge is 0.191 e. The maximum Gasteiger partial charge on any atom is 0.191 e. The third-order valence-corrected chi connectivity index (χ3v) is 3.03. The number of aliphatic imine (C=N–C) groups is 1. The summed E-state index contributed by atoms with van der Waals surface area (Å²) < 4.78 is 0. The van der Waals surface area contributed by atoms with Gasteiger partial charge in [0.15, 0.2) is 5.96 Å². The number of aliphatic hydroxyl groups is 1. The summed E-state index contributed by atoms with van der Waals surface area (Å²) >= 11 is 6.06. The lowest BCUT2D eigenvalue weighted by molar-refractivity contribution is 0.181. The molecule has 112 valence electrons. The van der Waals surface area contributed by atoms with Crippen LogP contribution in [-0.2, 0) is 0 Å². The van der Waals surface area contributed by atoms with Gasteiger partial charge in [0.05, 0.1) is 6.10 Å². The lowest BCUT2D eigenvalue weighted by Gasteiger charge is -2.16. The first-order valence-corrected chi connectivity index (χ1v) is 7.37. The van der Waals surface area contributed by atoms with Gasteiger partial charge in [-0.15, -0.1) is 0 Å². The number of rotatable bonds is 6. The number of nitrogens with zero attached hydrogens (tertiary/aromatic N) is 1. The number of aliphatic hydroxyl groups excluding tert-OH is 1. The van der Waals surface area contributed by atoms with Crippen molar-refractivity contribution in [2.24, 2.45) is 10.9 Å². The molecule has 0 aliphatic carbocycles.